The maximum atomic E-state index is 13.0. The van der Waals surface area contributed by atoms with Crippen molar-refractivity contribution in [2.24, 2.45) is 5.92 Å². The van der Waals surface area contributed by atoms with Gasteiger partial charge in [-0.1, -0.05) is 32.0 Å². The number of carbonyl (C=O) groups is 3. The van der Waals surface area contributed by atoms with Gasteiger partial charge in [-0.2, -0.15) is 0 Å². The van der Waals surface area contributed by atoms with E-state index in [1.54, 1.807) is 19.2 Å². The summed E-state index contributed by atoms with van der Waals surface area (Å²) >= 11 is 0. The van der Waals surface area contributed by atoms with E-state index in [9.17, 15) is 24.5 Å². The molecule has 1 N–H and O–H groups in total. The van der Waals surface area contributed by atoms with E-state index >= 15 is 0 Å². The Hall–Kier alpha value is -3.75. The molecule has 2 aromatic carbocycles. The van der Waals surface area contributed by atoms with Gasteiger partial charge in [0.15, 0.2) is 0 Å². The zero-order valence-electron chi connectivity index (χ0n) is 17.6. The van der Waals surface area contributed by atoms with Crippen LogP contribution in [0, 0.1) is 16.0 Å². The van der Waals surface area contributed by atoms with Crippen LogP contribution in [0.4, 0.5) is 5.69 Å². The summed E-state index contributed by atoms with van der Waals surface area (Å²) in [6, 6.07) is 9.57. The molecule has 3 amide bonds. The Morgan fingerprint density at radius 3 is 2.26 bits per heavy atom. The second kappa shape index (κ2) is 8.55. The molecule has 0 saturated carbocycles. The Morgan fingerprint density at radius 1 is 1.06 bits per heavy atom. The fourth-order valence-corrected chi connectivity index (χ4v) is 3.63. The summed E-state index contributed by atoms with van der Waals surface area (Å²) in [7, 11) is 1.56. The van der Waals surface area contributed by atoms with Crippen LogP contribution in [0.2, 0.25) is 0 Å². The molecule has 1 aliphatic rings. The van der Waals surface area contributed by atoms with Crippen LogP contribution in [0.5, 0.6) is 5.75 Å². The number of nitro groups is 1. The number of hydrogen-bond acceptors (Lipinski definition) is 6. The first-order chi connectivity index (χ1) is 14.7. The lowest BCUT2D eigenvalue weighted by atomic mass is 9.95. The first-order valence-corrected chi connectivity index (χ1v) is 9.77. The number of nitrogens with one attached hydrogen (secondary N) is 1. The minimum Gasteiger partial charge on any atom is -0.497 e. The van der Waals surface area contributed by atoms with Gasteiger partial charge in [0.05, 0.1) is 23.6 Å². The van der Waals surface area contributed by atoms with Crippen LogP contribution in [-0.2, 0) is 4.79 Å². The summed E-state index contributed by atoms with van der Waals surface area (Å²) in [4.78, 5) is 50.0. The summed E-state index contributed by atoms with van der Waals surface area (Å²) in [5.74, 6) is -1.41. The number of nitro benzene ring substituents is 1. The van der Waals surface area contributed by atoms with E-state index in [4.69, 9.17) is 4.74 Å². The number of rotatable bonds is 7. The van der Waals surface area contributed by atoms with Gasteiger partial charge in [0.2, 0.25) is 5.91 Å². The monoisotopic (exact) mass is 425 g/mol. The number of ether oxygens (including phenoxy) is 1. The highest BCUT2D eigenvalue weighted by atomic mass is 16.6. The van der Waals surface area contributed by atoms with Gasteiger partial charge in [0.1, 0.15) is 17.4 Å². The number of methoxy groups -OCH3 is 1. The average molecular weight is 425 g/mol. The standard InChI is InChI=1S/C22H23N3O6/c1-12(2)19(14-8-10-15(31-4)11-9-14)23-20(26)13(3)24-21(27)16-6-5-7-17(25(29)30)18(16)22(24)28/h5-13,19H,1-4H3,(H,23,26)/t13-,19?/m0/s1. The van der Waals surface area contributed by atoms with Crippen molar-refractivity contribution >= 4 is 23.4 Å². The van der Waals surface area contributed by atoms with E-state index in [1.807, 2.05) is 26.0 Å². The molecule has 0 saturated heterocycles. The van der Waals surface area contributed by atoms with Gasteiger partial charge in [-0.25, -0.2) is 0 Å². The molecule has 1 heterocycles. The van der Waals surface area contributed by atoms with Crippen LogP contribution in [-0.4, -0.2) is 40.7 Å². The molecule has 0 spiro atoms. The number of fused-ring (bicyclic) bond motifs is 1. The van der Waals surface area contributed by atoms with E-state index in [-0.39, 0.29) is 23.1 Å². The predicted octanol–water partition coefficient (Wildman–Crippen LogP) is 3.10. The Labute approximate surface area is 179 Å². The molecule has 31 heavy (non-hydrogen) atoms. The predicted molar refractivity (Wildman–Crippen MR) is 112 cm³/mol. The zero-order chi connectivity index (χ0) is 22.9. The van der Waals surface area contributed by atoms with Crippen molar-refractivity contribution in [1.29, 1.82) is 0 Å². The van der Waals surface area contributed by atoms with Crippen LogP contribution < -0.4 is 10.1 Å². The summed E-state index contributed by atoms with van der Waals surface area (Å²) in [5.41, 5.74) is 0.0284. The lowest BCUT2D eigenvalue weighted by Gasteiger charge is -2.27. The van der Waals surface area contributed by atoms with Gasteiger partial charge >= 0.3 is 0 Å². The highest BCUT2D eigenvalue weighted by Crippen LogP contribution is 2.32. The molecule has 3 rings (SSSR count). The van der Waals surface area contributed by atoms with Gasteiger partial charge in [-0.15, -0.1) is 0 Å². The topological polar surface area (TPSA) is 119 Å². The molecule has 0 bridgehead atoms. The summed E-state index contributed by atoms with van der Waals surface area (Å²) in [6.07, 6.45) is 0. The van der Waals surface area contributed by atoms with Gasteiger partial charge in [0, 0.05) is 6.07 Å². The van der Waals surface area contributed by atoms with E-state index in [0.717, 1.165) is 16.5 Å². The molecule has 9 heteroatoms. The van der Waals surface area contributed by atoms with Crippen LogP contribution in [0.25, 0.3) is 0 Å². The average Bonchev–Trinajstić information content (AvgIpc) is 3.01. The molecule has 2 aromatic rings. The third-order valence-electron chi connectivity index (χ3n) is 5.33. The van der Waals surface area contributed by atoms with Crippen molar-refractivity contribution < 1.29 is 24.0 Å². The lowest BCUT2D eigenvalue weighted by Crippen LogP contribution is -2.49. The Balaban J connectivity index is 1.85. The van der Waals surface area contributed by atoms with Crippen LogP contribution in [0.3, 0.4) is 0 Å². The molecule has 0 fully saturated rings. The third kappa shape index (κ3) is 3.98. The van der Waals surface area contributed by atoms with Gasteiger partial charge < -0.3 is 10.1 Å². The number of imide groups is 1. The SMILES string of the molecule is COc1ccc(C(NC(=O)[C@H](C)N2C(=O)c3cccc([N+](=O)[O-])c3C2=O)C(C)C)cc1. The van der Waals surface area contributed by atoms with Crippen molar-refractivity contribution in [3.63, 3.8) is 0 Å². The molecule has 9 nitrogen and oxygen atoms in total. The van der Waals surface area contributed by atoms with Crippen LogP contribution in [0.1, 0.15) is 53.1 Å². The van der Waals surface area contributed by atoms with Crippen molar-refractivity contribution in [2.45, 2.75) is 32.9 Å². The maximum absolute atomic E-state index is 13.0. The molecular formula is C22H23N3O6. The Kier molecular flexibility index (Phi) is 6.05. The number of hydrogen-bond donors (Lipinski definition) is 1. The lowest BCUT2D eigenvalue weighted by molar-refractivity contribution is -0.385. The summed E-state index contributed by atoms with van der Waals surface area (Å²) in [6.45, 7) is 5.30. The van der Waals surface area contributed by atoms with Crippen LogP contribution >= 0.6 is 0 Å². The number of amides is 3. The molecular weight excluding hydrogens is 402 g/mol. The first-order valence-electron chi connectivity index (χ1n) is 9.77. The van der Waals surface area contributed by atoms with Crippen molar-refractivity contribution in [1.82, 2.24) is 10.2 Å². The second-order valence-electron chi connectivity index (χ2n) is 7.62. The second-order valence-corrected chi connectivity index (χ2v) is 7.62. The fourth-order valence-electron chi connectivity index (χ4n) is 3.63. The Bertz CT molecular complexity index is 1050. The highest BCUT2D eigenvalue weighted by molar-refractivity contribution is 6.24. The quantitative estimate of drug-likeness (QED) is 0.414. The summed E-state index contributed by atoms with van der Waals surface area (Å²) < 4.78 is 5.16. The van der Waals surface area contributed by atoms with E-state index < -0.39 is 34.4 Å². The largest absolute Gasteiger partial charge is 0.497 e. The minimum atomic E-state index is -1.15. The molecule has 1 unspecified atom stereocenters. The smallest absolute Gasteiger partial charge is 0.282 e. The van der Waals surface area contributed by atoms with Gasteiger partial charge in [-0.05, 0) is 36.6 Å². The third-order valence-corrected chi connectivity index (χ3v) is 5.33. The first kappa shape index (κ1) is 21.9. The number of carbonyl (C=O) groups excluding carboxylic acids is 3. The minimum absolute atomic E-state index is 0.0211. The van der Waals surface area contributed by atoms with Crippen LogP contribution in [0.15, 0.2) is 42.5 Å². The van der Waals surface area contributed by atoms with Crippen molar-refractivity contribution in [3.8, 4) is 5.75 Å². The number of nitrogens with zero attached hydrogens (tertiary/aromatic N) is 2. The van der Waals surface area contributed by atoms with E-state index in [2.05, 4.69) is 5.32 Å². The molecule has 162 valence electrons. The molecule has 1 aliphatic heterocycles. The Morgan fingerprint density at radius 2 is 1.71 bits per heavy atom. The van der Waals surface area contributed by atoms with Crippen molar-refractivity contribution in [3.05, 3.63) is 69.3 Å². The normalized spacial score (nSPS) is 14.9. The molecule has 0 aliphatic carbocycles. The van der Waals surface area contributed by atoms with E-state index in [0.29, 0.717) is 5.75 Å². The van der Waals surface area contributed by atoms with Gasteiger partial charge in [-0.3, -0.25) is 29.4 Å². The highest BCUT2D eigenvalue weighted by Gasteiger charge is 2.45. The molecule has 0 aromatic heterocycles. The fraction of sp³-hybridized carbons (Fsp3) is 0.318. The maximum Gasteiger partial charge on any atom is 0.282 e. The number of benzene rings is 2. The van der Waals surface area contributed by atoms with E-state index in [1.165, 1.54) is 19.1 Å². The molecule has 2 atom stereocenters. The van der Waals surface area contributed by atoms with Gasteiger partial charge in [0.25, 0.3) is 17.5 Å². The zero-order valence-corrected chi connectivity index (χ0v) is 17.6. The molecule has 0 radical (unpaired) electrons. The van der Waals surface area contributed by atoms with Crippen molar-refractivity contribution in [2.75, 3.05) is 7.11 Å². The summed E-state index contributed by atoms with van der Waals surface area (Å²) in [5, 5.41) is 14.2.